The second-order valence-corrected chi connectivity index (χ2v) is 8.78. The topological polar surface area (TPSA) is 78.5 Å². The number of hydrogen-bond donors (Lipinski definition) is 2. The standard InChI is InChI=1S/C20H24FN3O3S/c1-24-12-10-15(11-13-24)14-22-20(25)16-2-8-19(9-3-16)28(26,27)23-18-6-4-17(21)5-7-18/h2-9,15,23H,10-14H2,1H3,(H,22,25). The summed E-state index contributed by atoms with van der Waals surface area (Å²) >= 11 is 0. The lowest BCUT2D eigenvalue weighted by Crippen LogP contribution is -2.36. The highest BCUT2D eigenvalue weighted by Crippen LogP contribution is 2.18. The summed E-state index contributed by atoms with van der Waals surface area (Å²) in [6.07, 6.45) is 2.12. The third-order valence-electron chi connectivity index (χ3n) is 4.91. The number of nitrogens with one attached hydrogen (secondary N) is 2. The maximum Gasteiger partial charge on any atom is 0.261 e. The van der Waals surface area contributed by atoms with Gasteiger partial charge in [-0.2, -0.15) is 0 Å². The maximum absolute atomic E-state index is 12.9. The van der Waals surface area contributed by atoms with Crippen molar-refractivity contribution < 1.29 is 17.6 Å². The van der Waals surface area contributed by atoms with Crippen LogP contribution in [-0.2, 0) is 10.0 Å². The van der Waals surface area contributed by atoms with E-state index in [1.165, 1.54) is 48.5 Å². The van der Waals surface area contributed by atoms with Crippen LogP contribution in [0.1, 0.15) is 23.2 Å². The number of anilines is 1. The van der Waals surface area contributed by atoms with Crippen LogP contribution >= 0.6 is 0 Å². The van der Waals surface area contributed by atoms with Crippen molar-refractivity contribution in [2.24, 2.45) is 5.92 Å². The molecule has 0 unspecified atom stereocenters. The molecule has 0 spiro atoms. The second kappa shape index (κ2) is 8.70. The predicted octanol–water partition coefficient (Wildman–Crippen LogP) is 2.70. The molecule has 0 aromatic heterocycles. The highest BCUT2D eigenvalue weighted by molar-refractivity contribution is 7.92. The van der Waals surface area contributed by atoms with Gasteiger partial charge in [0, 0.05) is 17.8 Å². The van der Waals surface area contributed by atoms with E-state index in [0.717, 1.165) is 25.9 Å². The summed E-state index contributed by atoms with van der Waals surface area (Å²) < 4.78 is 40.2. The van der Waals surface area contributed by atoms with Crippen LogP contribution in [0.15, 0.2) is 53.4 Å². The molecular weight excluding hydrogens is 381 g/mol. The quantitative estimate of drug-likeness (QED) is 0.775. The molecule has 0 bridgehead atoms. The summed E-state index contributed by atoms with van der Waals surface area (Å²) in [5, 5.41) is 2.93. The van der Waals surface area contributed by atoms with Crippen LogP contribution in [0.4, 0.5) is 10.1 Å². The van der Waals surface area contributed by atoms with Gasteiger partial charge >= 0.3 is 0 Å². The number of halogens is 1. The molecule has 28 heavy (non-hydrogen) atoms. The summed E-state index contributed by atoms with van der Waals surface area (Å²) in [7, 11) is -1.72. The number of likely N-dealkylation sites (tertiary alicyclic amines) is 1. The Morgan fingerprint density at radius 1 is 1.07 bits per heavy atom. The molecule has 1 aliphatic rings. The molecule has 3 rings (SSSR count). The van der Waals surface area contributed by atoms with Gasteiger partial charge in [0.05, 0.1) is 4.90 Å². The molecule has 6 nitrogen and oxygen atoms in total. The lowest BCUT2D eigenvalue weighted by Gasteiger charge is -2.28. The molecule has 0 saturated carbocycles. The third-order valence-corrected chi connectivity index (χ3v) is 6.31. The first-order valence-corrected chi connectivity index (χ1v) is 10.7. The molecule has 1 saturated heterocycles. The molecule has 0 radical (unpaired) electrons. The van der Waals surface area contributed by atoms with E-state index < -0.39 is 15.8 Å². The molecule has 0 atom stereocenters. The third kappa shape index (κ3) is 5.30. The van der Waals surface area contributed by atoms with E-state index in [2.05, 4.69) is 22.0 Å². The van der Waals surface area contributed by atoms with E-state index in [1.54, 1.807) is 0 Å². The Labute approximate surface area is 164 Å². The highest BCUT2D eigenvalue weighted by Gasteiger charge is 2.18. The molecule has 1 aliphatic heterocycles. The Balaban J connectivity index is 1.58. The van der Waals surface area contributed by atoms with Crippen molar-refractivity contribution in [1.29, 1.82) is 0 Å². The van der Waals surface area contributed by atoms with Crippen molar-refractivity contribution in [3.8, 4) is 0 Å². The number of benzene rings is 2. The van der Waals surface area contributed by atoms with E-state index in [1.807, 2.05) is 0 Å². The van der Waals surface area contributed by atoms with Gasteiger partial charge in [-0.25, -0.2) is 12.8 Å². The van der Waals surface area contributed by atoms with Crippen LogP contribution in [0.2, 0.25) is 0 Å². The van der Waals surface area contributed by atoms with Crippen LogP contribution in [0.3, 0.4) is 0 Å². The lowest BCUT2D eigenvalue weighted by atomic mass is 9.97. The fourth-order valence-corrected chi connectivity index (χ4v) is 4.18. The molecule has 150 valence electrons. The number of carbonyl (C=O) groups excluding carboxylic acids is 1. The Kier molecular flexibility index (Phi) is 6.31. The monoisotopic (exact) mass is 405 g/mol. The van der Waals surface area contributed by atoms with Crippen molar-refractivity contribution in [1.82, 2.24) is 10.2 Å². The van der Waals surface area contributed by atoms with Crippen molar-refractivity contribution in [3.05, 3.63) is 59.9 Å². The number of piperidine rings is 1. The zero-order chi connectivity index (χ0) is 20.1. The van der Waals surface area contributed by atoms with Gasteiger partial charge in [0.15, 0.2) is 0 Å². The van der Waals surface area contributed by atoms with Gasteiger partial charge in [-0.1, -0.05) is 0 Å². The lowest BCUT2D eigenvalue weighted by molar-refractivity contribution is 0.0939. The van der Waals surface area contributed by atoms with Crippen LogP contribution in [0.5, 0.6) is 0 Å². The van der Waals surface area contributed by atoms with Crippen LogP contribution in [0.25, 0.3) is 0 Å². The van der Waals surface area contributed by atoms with E-state index in [-0.39, 0.29) is 16.5 Å². The van der Waals surface area contributed by atoms with Gasteiger partial charge < -0.3 is 10.2 Å². The Morgan fingerprint density at radius 3 is 2.29 bits per heavy atom. The minimum absolute atomic E-state index is 0.0312. The minimum Gasteiger partial charge on any atom is -0.352 e. The number of hydrogen-bond acceptors (Lipinski definition) is 4. The average Bonchev–Trinajstić information content (AvgIpc) is 2.69. The Hall–Kier alpha value is -2.45. The largest absolute Gasteiger partial charge is 0.352 e. The normalized spacial score (nSPS) is 15.9. The van der Waals surface area contributed by atoms with Crippen LogP contribution < -0.4 is 10.0 Å². The predicted molar refractivity (Wildman–Crippen MR) is 106 cm³/mol. The summed E-state index contributed by atoms with van der Waals surface area (Å²) in [6.45, 7) is 2.70. The molecule has 1 fully saturated rings. The smallest absolute Gasteiger partial charge is 0.261 e. The first-order chi connectivity index (χ1) is 13.3. The minimum atomic E-state index is -3.81. The fraction of sp³-hybridized carbons (Fsp3) is 0.350. The first-order valence-electron chi connectivity index (χ1n) is 9.19. The summed E-state index contributed by atoms with van der Waals surface area (Å²) in [5.74, 6) is -0.187. The van der Waals surface area contributed by atoms with Gasteiger partial charge in [-0.3, -0.25) is 9.52 Å². The Morgan fingerprint density at radius 2 is 1.68 bits per heavy atom. The van der Waals surface area contributed by atoms with E-state index >= 15 is 0 Å². The highest BCUT2D eigenvalue weighted by atomic mass is 32.2. The maximum atomic E-state index is 12.9. The second-order valence-electron chi connectivity index (χ2n) is 7.09. The molecule has 2 N–H and O–H groups in total. The average molecular weight is 405 g/mol. The Bertz CT molecular complexity index is 907. The summed E-state index contributed by atoms with van der Waals surface area (Å²) in [6, 6.07) is 10.8. The molecule has 2 aromatic rings. The van der Waals surface area contributed by atoms with Gasteiger partial charge in [-0.15, -0.1) is 0 Å². The van der Waals surface area contributed by atoms with Gasteiger partial charge in [0.25, 0.3) is 15.9 Å². The molecule has 1 heterocycles. The molecule has 8 heteroatoms. The number of nitrogens with zero attached hydrogens (tertiary/aromatic N) is 1. The number of carbonyl (C=O) groups is 1. The van der Waals surface area contributed by atoms with Crippen LogP contribution in [-0.4, -0.2) is 45.9 Å². The van der Waals surface area contributed by atoms with E-state index in [4.69, 9.17) is 0 Å². The number of amides is 1. The number of rotatable bonds is 6. The van der Waals surface area contributed by atoms with E-state index in [0.29, 0.717) is 18.0 Å². The van der Waals surface area contributed by atoms with Crippen molar-refractivity contribution in [2.45, 2.75) is 17.7 Å². The zero-order valence-corrected chi connectivity index (χ0v) is 16.5. The summed E-state index contributed by atoms with van der Waals surface area (Å²) in [5.41, 5.74) is 0.676. The van der Waals surface area contributed by atoms with Crippen LogP contribution in [0, 0.1) is 11.7 Å². The van der Waals surface area contributed by atoms with Gasteiger partial charge in [-0.05, 0) is 87.4 Å². The SMILES string of the molecule is CN1CCC(CNC(=O)c2ccc(S(=O)(=O)Nc3ccc(F)cc3)cc2)CC1. The van der Waals surface area contributed by atoms with Crippen molar-refractivity contribution in [3.63, 3.8) is 0 Å². The molecular formula is C20H24FN3O3S. The van der Waals surface area contributed by atoms with E-state index in [9.17, 15) is 17.6 Å². The van der Waals surface area contributed by atoms with Crippen molar-refractivity contribution in [2.75, 3.05) is 31.4 Å². The van der Waals surface area contributed by atoms with Gasteiger partial charge in [0.2, 0.25) is 0 Å². The molecule has 1 amide bonds. The van der Waals surface area contributed by atoms with Crippen molar-refractivity contribution >= 4 is 21.6 Å². The number of sulfonamides is 1. The first kappa shape index (κ1) is 20.3. The zero-order valence-electron chi connectivity index (χ0n) is 15.7. The molecule has 0 aliphatic carbocycles. The molecule has 2 aromatic carbocycles. The fourth-order valence-electron chi connectivity index (χ4n) is 3.12. The van der Waals surface area contributed by atoms with Gasteiger partial charge in [0.1, 0.15) is 5.82 Å². The summed E-state index contributed by atoms with van der Waals surface area (Å²) in [4.78, 5) is 14.6.